The van der Waals surface area contributed by atoms with Crippen LogP contribution < -0.4 is 30.6 Å². The largest absolute Gasteiger partial charge is 0.497 e. The number of nitrogens with one attached hydrogen (secondary N) is 2. The van der Waals surface area contributed by atoms with Gasteiger partial charge in [0.1, 0.15) is 17.2 Å². The minimum absolute atomic E-state index is 0.0712. The fourth-order valence-electron chi connectivity index (χ4n) is 2.84. The van der Waals surface area contributed by atoms with Crippen LogP contribution in [0.5, 0.6) is 17.2 Å². The van der Waals surface area contributed by atoms with Crippen molar-refractivity contribution < 1.29 is 19.0 Å². The molecule has 2 rings (SSSR count). The van der Waals surface area contributed by atoms with E-state index in [4.69, 9.17) is 19.9 Å². The topological polar surface area (TPSA) is 107 Å². The Bertz CT molecular complexity index is 870. The fraction of sp³-hybridized carbons (Fsp3) is 0.364. The lowest BCUT2D eigenvalue weighted by molar-refractivity contribution is -0.119. The van der Waals surface area contributed by atoms with E-state index in [0.29, 0.717) is 18.3 Å². The Balaban J connectivity index is 2.13. The predicted molar refractivity (Wildman–Crippen MR) is 117 cm³/mol. The third-order valence-corrected chi connectivity index (χ3v) is 4.30. The van der Waals surface area contributed by atoms with Crippen molar-refractivity contribution in [3.8, 4) is 17.2 Å². The Morgan fingerprint density at radius 1 is 1.13 bits per heavy atom. The summed E-state index contributed by atoms with van der Waals surface area (Å²) in [5.74, 6) is 2.26. The van der Waals surface area contributed by atoms with Crippen molar-refractivity contribution >= 4 is 11.9 Å². The Morgan fingerprint density at radius 3 is 2.60 bits per heavy atom. The number of carbonyl (C=O) groups is 1. The van der Waals surface area contributed by atoms with Crippen LogP contribution >= 0.6 is 0 Å². The van der Waals surface area contributed by atoms with Gasteiger partial charge in [-0.05, 0) is 49.7 Å². The van der Waals surface area contributed by atoms with Gasteiger partial charge in [-0.15, -0.1) is 0 Å². The SMILES string of the molecule is CCNC(=NCc1cccc(OCC(N)=O)c1)NC(C)c1cc(OC)ccc1OC. The molecule has 0 heterocycles. The molecule has 2 aromatic rings. The van der Waals surface area contributed by atoms with Gasteiger partial charge in [-0.2, -0.15) is 0 Å². The van der Waals surface area contributed by atoms with Gasteiger partial charge >= 0.3 is 0 Å². The van der Waals surface area contributed by atoms with Crippen molar-refractivity contribution in [3.63, 3.8) is 0 Å². The Kier molecular flexibility index (Phi) is 8.80. The number of hydrogen-bond acceptors (Lipinski definition) is 5. The molecule has 0 aromatic heterocycles. The molecule has 8 heteroatoms. The standard InChI is InChI=1S/C22H30N4O4/c1-5-24-22(25-13-16-7-6-8-18(11-16)30-14-21(23)27)26-15(2)19-12-17(28-3)9-10-20(19)29-4/h6-12,15H,5,13-14H2,1-4H3,(H2,23,27)(H2,24,25,26). The minimum atomic E-state index is -0.515. The average molecular weight is 415 g/mol. The maximum Gasteiger partial charge on any atom is 0.255 e. The number of nitrogens with zero attached hydrogens (tertiary/aromatic N) is 1. The monoisotopic (exact) mass is 414 g/mol. The number of ether oxygens (including phenoxy) is 3. The van der Waals surface area contributed by atoms with Crippen molar-refractivity contribution in [1.82, 2.24) is 10.6 Å². The van der Waals surface area contributed by atoms with Crippen LogP contribution in [0.2, 0.25) is 0 Å². The Morgan fingerprint density at radius 2 is 1.93 bits per heavy atom. The number of nitrogens with two attached hydrogens (primary N) is 1. The zero-order valence-corrected chi connectivity index (χ0v) is 17.9. The van der Waals surface area contributed by atoms with E-state index in [-0.39, 0.29) is 12.6 Å². The molecule has 1 atom stereocenters. The van der Waals surface area contributed by atoms with E-state index in [2.05, 4.69) is 15.6 Å². The van der Waals surface area contributed by atoms with Gasteiger partial charge in [-0.3, -0.25) is 4.79 Å². The summed E-state index contributed by atoms with van der Waals surface area (Å²) < 4.78 is 16.2. The summed E-state index contributed by atoms with van der Waals surface area (Å²) in [7, 11) is 3.28. The lowest BCUT2D eigenvalue weighted by Gasteiger charge is -2.21. The lowest BCUT2D eigenvalue weighted by Crippen LogP contribution is -2.38. The van der Waals surface area contributed by atoms with Gasteiger partial charge in [-0.25, -0.2) is 4.99 Å². The van der Waals surface area contributed by atoms with Crippen LogP contribution in [0, 0.1) is 0 Å². The van der Waals surface area contributed by atoms with Crippen LogP contribution in [-0.2, 0) is 11.3 Å². The first-order valence-corrected chi connectivity index (χ1v) is 9.73. The van der Waals surface area contributed by atoms with Crippen molar-refractivity contribution in [1.29, 1.82) is 0 Å². The highest BCUT2D eigenvalue weighted by atomic mass is 16.5. The van der Waals surface area contributed by atoms with Crippen molar-refractivity contribution in [2.45, 2.75) is 26.4 Å². The van der Waals surface area contributed by atoms with Crippen LogP contribution in [0.15, 0.2) is 47.5 Å². The molecule has 4 N–H and O–H groups in total. The van der Waals surface area contributed by atoms with Crippen LogP contribution in [0.25, 0.3) is 0 Å². The number of carbonyl (C=O) groups excluding carboxylic acids is 1. The summed E-state index contributed by atoms with van der Waals surface area (Å²) in [6.07, 6.45) is 0. The number of methoxy groups -OCH3 is 2. The first kappa shape index (κ1) is 22.9. The van der Waals surface area contributed by atoms with E-state index in [1.165, 1.54) is 0 Å². The normalized spacial score (nSPS) is 12.1. The maximum atomic E-state index is 10.9. The molecular weight excluding hydrogens is 384 g/mol. The quantitative estimate of drug-likeness (QED) is 0.407. The van der Waals surface area contributed by atoms with Crippen molar-refractivity contribution in [2.24, 2.45) is 10.7 Å². The number of primary amides is 1. The molecule has 0 aliphatic rings. The molecule has 0 bridgehead atoms. The molecule has 0 aliphatic carbocycles. The second kappa shape index (κ2) is 11.5. The van der Waals surface area contributed by atoms with Gasteiger partial charge in [0.25, 0.3) is 5.91 Å². The molecule has 0 spiro atoms. The predicted octanol–water partition coefficient (Wildman–Crippen LogP) is 2.38. The van der Waals surface area contributed by atoms with Gasteiger partial charge < -0.3 is 30.6 Å². The zero-order chi connectivity index (χ0) is 21.9. The first-order chi connectivity index (χ1) is 14.5. The second-order valence-corrected chi connectivity index (χ2v) is 6.57. The number of hydrogen-bond donors (Lipinski definition) is 3. The van der Waals surface area contributed by atoms with E-state index in [1.807, 2.05) is 50.2 Å². The molecule has 162 valence electrons. The van der Waals surface area contributed by atoms with Crippen LogP contribution in [0.1, 0.15) is 31.0 Å². The summed E-state index contributed by atoms with van der Waals surface area (Å²) in [6, 6.07) is 13.0. The fourth-order valence-corrected chi connectivity index (χ4v) is 2.84. The number of rotatable bonds is 10. The summed E-state index contributed by atoms with van der Waals surface area (Å²) in [5.41, 5.74) is 7.03. The Labute approximate surface area is 177 Å². The third-order valence-electron chi connectivity index (χ3n) is 4.30. The molecular formula is C22H30N4O4. The summed E-state index contributed by atoms with van der Waals surface area (Å²) in [4.78, 5) is 15.6. The minimum Gasteiger partial charge on any atom is -0.497 e. The molecule has 8 nitrogen and oxygen atoms in total. The van der Waals surface area contributed by atoms with E-state index in [1.54, 1.807) is 20.3 Å². The van der Waals surface area contributed by atoms with Crippen molar-refractivity contribution in [3.05, 3.63) is 53.6 Å². The number of aliphatic imine (C=N–C) groups is 1. The molecule has 0 fully saturated rings. The number of benzene rings is 2. The molecule has 1 unspecified atom stereocenters. The summed E-state index contributed by atoms with van der Waals surface area (Å²) >= 11 is 0. The van der Waals surface area contributed by atoms with Crippen LogP contribution in [0.3, 0.4) is 0 Å². The zero-order valence-electron chi connectivity index (χ0n) is 17.9. The molecule has 0 saturated heterocycles. The maximum absolute atomic E-state index is 10.9. The highest BCUT2D eigenvalue weighted by Gasteiger charge is 2.14. The first-order valence-electron chi connectivity index (χ1n) is 9.73. The lowest BCUT2D eigenvalue weighted by atomic mass is 10.1. The van der Waals surface area contributed by atoms with Gasteiger partial charge in [-0.1, -0.05) is 12.1 Å². The van der Waals surface area contributed by atoms with Crippen LogP contribution in [0.4, 0.5) is 0 Å². The second-order valence-electron chi connectivity index (χ2n) is 6.57. The van der Waals surface area contributed by atoms with Gasteiger partial charge in [0.15, 0.2) is 12.6 Å². The van der Waals surface area contributed by atoms with Crippen LogP contribution in [-0.4, -0.2) is 39.2 Å². The number of amides is 1. The van der Waals surface area contributed by atoms with E-state index < -0.39 is 5.91 Å². The highest BCUT2D eigenvalue weighted by Crippen LogP contribution is 2.29. The van der Waals surface area contributed by atoms with Gasteiger partial charge in [0.05, 0.1) is 26.8 Å². The number of guanidine groups is 1. The Hall–Kier alpha value is -3.42. The van der Waals surface area contributed by atoms with E-state index in [9.17, 15) is 4.79 Å². The molecule has 0 radical (unpaired) electrons. The molecule has 0 saturated carbocycles. The van der Waals surface area contributed by atoms with E-state index >= 15 is 0 Å². The van der Waals surface area contributed by atoms with Gasteiger partial charge in [0, 0.05) is 12.1 Å². The van der Waals surface area contributed by atoms with Crippen molar-refractivity contribution in [2.75, 3.05) is 27.4 Å². The highest BCUT2D eigenvalue weighted by molar-refractivity contribution is 5.80. The van der Waals surface area contributed by atoms with Gasteiger partial charge in [0.2, 0.25) is 0 Å². The molecule has 0 aliphatic heterocycles. The molecule has 1 amide bonds. The molecule has 2 aromatic carbocycles. The smallest absolute Gasteiger partial charge is 0.255 e. The molecule has 30 heavy (non-hydrogen) atoms. The summed E-state index contributed by atoms with van der Waals surface area (Å²) in [6.45, 7) is 5.03. The third kappa shape index (κ3) is 6.88. The van der Waals surface area contributed by atoms with E-state index in [0.717, 1.165) is 29.2 Å². The summed E-state index contributed by atoms with van der Waals surface area (Å²) in [5, 5.41) is 6.64. The average Bonchev–Trinajstić information content (AvgIpc) is 2.76.